The Kier molecular flexibility index (Phi) is 9.19. The molecule has 3 heterocycles. The van der Waals surface area contributed by atoms with Crippen molar-refractivity contribution in [3.8, 4) is 10.6 Å². The number of nitrogens with one attached hydrogen (secondary N) is 3. The van der Waals surface area contributed by atoms with Gasteiger partial charge in [-0.2, -0.15) is 4.98 Å². The van der Waals surface area contributed by atoms with Crippen LogP contribution in [-0.2, 0) is 4.79 Å². The molecule has 3 aromatic heterocycles. The van der Waals surface area contributed by atoms with Crippen LogP contribution in [0.5, 0.6) is 0 Å². The quantitative estimate of drug-likeness (QED) is 0.208. The fraction of sp³-hybridized carbons (Fsp3) is 0.393. The van der Waals surface area contributed by atoms with E-state index >= 15 is 0 Å². The summed E-state index contributed by atoms with van der Waals surface area (Å²) in [4.78, 5) is 31.4. The third-order valence-electron chi connectivity index (χ3n) is 7.18. The third kappa shape index (κ3) is 5.87. The van der Waals surface area contributed by atoms with Crippen molar-refractivity contribution in [2.75, 3.05) is 17.2 Å². The first-order valence-electron chi connectivity index (χ1n) is 13.1. The van der Waals surface area contributed by atoms with Crippen molar-refractivity contribution < 1.29 is 15.0 Å². The first-order chi connectivity index (χ1) is 18.8. The van der Waals surface area contributed by atoms with E-state index in [0.717, 1.165) is 21.3 Å². The Labute approximate surface area is 243 Å². The van der Waals surface area contributed by atoms with Crippen LogP contribution in [0.3, 0.4) is 0 Å². The van der Waals surface area contributed by atoms with Crippen LogP contribution >= 0.6 is 23.7 Å². The SMILES string of the molecule is CCNC(=O)[C@@H]1C[C@@H](O)[C@@H](O)[C@@H]1Nc1nc(N[C@H](C)c2ccccc2C)nc(C)c1-c1nc2cnccc2s1.Cl. The van der Waals surface area contributed by atoms with Crippen molar-refractivity contribution in [2.24, 2.45) is 5.92 Å². The van der Waals surface area contributed by atoms with Gasteiger partial charge in [-0.05, 0) is 51.3 Å². The number of amides is 1. The zero-order valence-electron chi connectivity index (χ0n) is 22.8. The predicted octanol–water partition coefficient (Wildman–Crippen LogP) is 4.02. The summed E-state index contributed by atoms with van der Waals surface area (Å²) in [5.74, 6) is -0.0308. The Balaban J connectivity index is 0.00000370. The molecule has 40 heavy (non-hydrogen) atoms. The van der Waals surface area contributed by atoms with E-state index in [4.69, 9.17) is 15.0 Å². The number of carbonyl (C=O) groups excluding carboxylic acids is 1. The van der Waals surface area contributed by atoms with E-state index in [1.807, 2.05) is 39.0 Å². The molecule has 0 aliphatic heterocycles. The number of fused-ring (bicyclic) bond motifs is 1. The lowest BCUT2D eigenvalue weighted by molar-refractivity contribution is -0.125. The summed E-state index contributed by atoms with van der Waals surface area (Å²) < 4.78 is 0.970. The highest BCUT2D eigenvalue weighted by molar-refractivity contribution is 7.21. The Bertz CT molecular complexity index is 1470. The zero-order chi connectivity index (χ0) is 27.7. The van der Waals surface area contributed by atoms with Gasteiger partial charge in [-0.25, -0.2) is 9.97 Å². The number of aromatic nitrogens is 4. The molecule has 12 heteroatoms. The molecule has 1 fully saturated rings. The van der Waals surface area contributed by atoms with Gasteiger partial charge >= 0.3 is 0 Å². The minimum atomic E-state index is -1.15. The van der Waals surface area contributed by atoms with Crippen LogP contribution in [0.2, 0.25) is 0 Å². The summed E-state index contributed by atoms with van der Waals surface area (Å²) in [6.07, 6.45) is 1.39. The molecule has 0 unspecified atom stereocenters. The van der Waals surface area contributed by atoms with Crippen molar-refractivity contribution in [3.05, 3.63) is 59.5 Å². The molecule has 0 bridgehead atoms. The smallest absolute Gasteiger partial charge is 0.225 e. The van der Waals surface area contributed by atoms with Gasteiger partial charge in [0.25, 0.3) is 0 Å². The van der Waals surface area contributed by atoms with Crippen LogP contribution in [0.4, 0.5) is 11.8 Å². The summed E-state index contributed by atoms with van der Waals surface area (Å²) >= 11 is 1.49. The number of benzene rings is 1. The molecule has 0 radical (unpaired) electrons. The van der Waals surface area contributed by atoms with Crippen LogP contribution in [0.25, 0.3) is 20.8 Å². The van der Waals surface area contributed by atoms with Gasteiger partial charge in [0, 0.05) is 12.7 Å². The molecule has 0 saturated heterocycles. The van der Waals surface area contributed by atoms with Crippen LogP contribution < -0.4 is 16.0 Å². The summed E-state index contributed by atoms with van der Waals surface area (Å²) in [6, 6.07) is 9.21. The molecule has 5 N–H and O–H groups in total. The normalized spacial score (nSPS) is 21.1. The van der Waals surface area contributed by atoms with E-state index in [1.165, 1.54) is 11.3 Å². The number of halogens is 1. The third-order valence-corrected chi connectivity index (χ3v) is 8.23. The zero-order valence-corrected chi connectivity index (χ0v) is 24.4. The van der Waals surface area contributed by atoms with Crippen molar-refractivity contribution in [2.45, 2.75) is 58.4 Å². The summed E-state index contributed by atoms with van der Waals surface area (Å²) in [6.45, 7) is 8.29. The molecule has 1 aliphatic carbocycles. The average Bonchev–Trinajstić information content (AvgIpc) is 3.45. The Morgan fingerprint density at radius 2 is 1.93 bits per heavy atom. The Morgan fingerprint density at radius 1 is 1.15 bits per heavy atom. The van der Waals surface area contributed by atoms with Crippen LogP contribution in [0.1, 0.15) is 43.1 Å². The van der Waals surface area contributed by atoms with E-state index in [2.05, 4.69) is 40.0 Å². The molecule has 1 aliphatic rings. The first-order valence-corrected chi connectivity index (χ1v) is 13.9. The molecule has 0 spiro atoms. The van der Waals surface area contributed by atoms with Crippen molar-refractivity contribution >= 4 is 51.6 Å². The highest BCUT2D eigenvalue weighted by Gasteiger charge is 2.45. The lowest BCUT2D eigenvalue weighted by Gasteiger charge is -2.25. The molecular formula is C28H34ClN7O3S. The maximum atomic E-state index is 12.8. The molecule has 1 amide bonds. The summed E-state index contributed by atoms with van der Waals surface area (Å²) in [5, 5.41) is 31.6. The predicted molar refractivity (Wildman–Crippen MR) is 160 cm³/mol. The second-order valence-electron chi connectivity index (χ2n) is 9.91. The van der Waals surface area contributed by atoms with Gasteiger partial charge in [0.05, 0.1) is 46.3 Å². The number of pyridine rings is 1. The number of hydrogen-bond donors (Lipinski definition) is 5. The molecule has 212 valence electrons. The van der Waals surface area contributed by atoms with E-state index in [0.29, 0.717) is 34.6 Å². The number of aliphatic hydroxyl groups excluding tert-OH is 2. The van der Waals surface area contributed by atoms with Crippen molar-refractivity contribution in [1.29, 1.82) is 0 Å². The maximum absolute atomic E-state index is 12.8. The highest BCUT2D eigenvalue weighted by Crippen LogP contribution is 2.38. The minimum absolute atomic E-state index is 0. The molecular weight excluding hydrogens is 550 g/mol. The Hall–Kier alpha value is -3.38. The van der Waals surface area contributed by atoms with Crippen LogP contribution in [-0.4, -0.2) is 60.9 Å². The molecule has 5 rings (SSSR count). The maximum Gasteiger partial charge on any atom is 0.225 e. The number of rotatable bonds is 8. The van der Waals surface area contributed by atoms with E-state index in [-0.39, 0.29) is 30.8 Å². The van der Waals surface area contributed by atoms with Crippen molar-refractivity contribution in [1.82, 2.24) is 25.3 Å². The summed E-state index contributed by atoms with van der Waals surface area (Å²) in [5.41, 5.74) is 4.40. The van der Waals surface area contributed by atoms with Gasteiger partial charge < -0.3 is 26.2 Å². The van der Waals surface area contributed by atoms with Crippen molar-refractivity contribution in [3.63, 3.8) is 0 Å². The van der Waals surface area contributed by atoms with Crippen LogP contribution in [0, 0.1) is 19.8 Å². The number of thiazole rings is 1. The number of anilines is 2. The van der Waals surface area contributed by atoms with E-state index in [1.54, 1.807) is 12.4 Å². The number of aryl methyl sites for hydroxylation is 2. The molecule has 4 aromatic rings. The molecule has 1 saturated carbocycles. The number of aliphatic hydroxyl groups is 2. The number of hydrogen-bond acceptors (Lipinski definition) is 10. The lowest BCUT2D eigenvalue weighted by Crippen LogP contribution is -2.43. The molecule has 1 aromatic carbocycles. The second kappa shape index (κ2) is 12.4. The van der Waals surface area contributed by atoms with E-state index in [9.17, 15) is 15.0 Å². The van der Waals surface area contributed by atoms with Gasteiger partial charge in [0.1, 0.15) is 22.4 Å². The fourth-order valence-corrected chi connectivity index (χ4v) is 6.20. The Morgan fingerprint density at radius 3 is 2.65 bits per heavy atom. The topological polar surface area (TPSA) is 145 Å². The largest absolute Gasteiger partial charge is 0.390 e. The standard InChI is InChI=1S/C28H33N7O3S.ClH/c1-5-30-26(38)18-12-20(36)24(37)23(18)34-25-22(27-33-19-13-29-11-10-21(19)39-27)16(4)32-28(35-25)31-15(3)17-9-7-6-8-14(17)2;/h6-11,13,15,18,20,23-24,36-37H,5,12H2,1-4H3,(H,30,38)(H2,31,32,34,35);1H/t15-,18-,20-,23-,24-;/m1./s1. The molecule has 5 atom stereocenters. The van der Waals surface area contributed by atoms with Gasteiger partial charge in [0.15, 0.2) is 0 Å². The van der Waals surface area contributed by atoms with Gasteiger partial charge in [-0.1, -0.05) is 24.3 Å². The summed E-state index contributed by atoms with van der Waals surface area (Å²) in [7, 11) is 0. The number of nitrogens with zero attached hydrogens (tertiary/aromatic N) is 4. The van der Waals surface area contributed by atoms with Gasteiger partial charge in [-0.15, -0.1) is 23.7 Å². The fourth-order valence-electron chi connectivity index (χ4n) is 5.17. The van der Waals surface area contributed by atoms with Gasteiger partial charge in [-0.3, -0.25) is 9.78 Å². The van der Waals surface area contributed by atoms with E-state index < -0.39 is 24.2 Å². The highest BCUT2D eigenvalue weighted by atomic mass is 35.5. The second-order valence-corrected chi connectivity index (χ2v) is 10.9. The van der Waals surface area contributed by atoms with Gasteiger partial charge in [0.2, 0.25) is 11.9 Å². The monoisotopic (exact) mass is 583 g/mol. The van der Waals surface area contributed by atoms with Crippen LogP contribution in [0.15, 0.2) is 42.7 Å². The minimum Gasteiger partial charge on any atom is -0.390 e. The average molecular weight is 584 g/mol. The lowest BCUT2D eigenvalue weighted by atomic mass is 10.0. The number of carbonyl (C=O) groups is 1. The molecule has 10 nitrogen and oxygen atoms in total. The first kappa shape index (κ1) is 29.6.